The Balaban J connectivity index is 1.72. The number of carbonyl (C=O) groups is 2. The minimum atomic E-state index is -0.290. The van der Waals surface area contributed by atoms with Gasteiger partial charge in [0.15, 0.2) is 0 Å². The first-order chi connectivity index (χ1) is 9.25. The Kier molecular flexibility index (Phi) is 3.73. The molecule has 1 N–H and O–H groups in total. The molecular weight excluding hydrogens is 244 g/mol. The summed E-state index contributed by atoms with van der Waals surface area (Å²) in [7, 11) is 0. The molecule has 3 fully saturated rings. The molecule has 2 aliphatic heterocycles. The first-order valence-corrected chi connectivity index (χ1v) is 7.43. The topological polar surface area (TPSA) is 58.6 Å². The van der Waals surface area contributed by atoms with E-state index in [2.05, 4.69) is 5.32 Å². The Hall–Kier alpha value is -1.10. The summed E-state index contributed by atoms with van der Waals surface area (Å²) in [5.74, 6) is 0.430. The molecule has 106 valence electrons. The van der Waals surface area contributed by atoms with E-state index in [-0.39, 0.29) is 30.4 Å². The van der Waals surface area contributed by atoms with Crippen LogP contribution in [0, 0.1) is 5.92 Å². The molecule has 0 aromatic carbocycles. The van der Waals surface area contributed by atoms with Crippen molar-refractivity contribution in [3.8, 4) is 0 Å². The minimum Gasteiger partial charge on any atom is -0.379 e. The lowest BCUT2D eigenvalue weighted by atomic mass is 9.82. The molecule has 0 aromatic heterocycles. The smallest absolute Gasteiger partial charge is 0.246 e. The zero-order valence-electron chi connectivity index (χ0n) is 11.3. The van der Waals surface area contributed by atoms with Gasteiger partial charge >= 0.3 is 0 Å². The van der Waals surface area contributed by atoms with Gasteiger partial charge in [0, 0.05) is 6.61 Å². The molecule has 0 aromatic rings. The van der Waals surface area contributed by atoms with Crippen molar-refractivity contribution in [1.29, 1.82) is 0 Å². The normalized spacial score (nSPS) is 33.6. The van der Waals surface area contributed by atoms with Gasteiger partial charge in [-0.1, -0.05) is 19.3 Å². The van der Waals surface area contributed by atoms with E-state index in [1.807, 2.05) is 0 Å². The number of rotatable bonds is 2. The zero-order chi connectivity index (χ0) is 13.2. The highest BCUT2D eigenvalue weighted by Crippen LogP contribution is 2.29. The van der Waals surface area contributed by atoms with Gasteiger partial charge in [0.25, 0.3) is 0 Å². The number of ether oxygens (including phenoxy) is 1. The summed E-state index contributed by atoms with van der Waals surface area (Å²) in [6.45, 7) is 1.48. The maximum Gasteiger partial charge on any atom is 0.246 e. The molecular formula is C14H22N2O3. The minimum absolute atomic E-state index is 0.0120. The van der Waals surface area contributed by atoms with Crippen molar-refractivity contribution in [2.75, 3.05) is 19.8 Å². The third-order valence-corrected chi connectivity index (χ3v) is 4.65. The van der Waals surface area contributed by atoms with E-state index in [1.165, 1.54) is 19.3 Å². The predicted octanol–water partition coefficient (Wildman–Crippen LogP) is 0.683. The van der Waals surface area contributed by atoms with Crippen molar-refractivity contribution in [1.82, 2.24) is 10.2 Å². The highest BCUT2D eigenvalue weighted by molar-refractivity contribution is 5.95. The lowest BCUT2D eigenvalue weighted by Crippen LogP contribution is -2.63. The van der Waals surface area contributed by atoms with Crippen LogP contribution in [0.2, 0.25) is 0 Å². The lowest BCUT2D eigenvalue weighted by Gasteiger charge is -2.40. The molecule has 2 unspecified atom stereocenters. The Morgan fingerprint density at radius 3 is 2.58 bits per heavy atom. The van der Waals surface area contributed by atoms with Gasteiger partial charge in [-0.3, -0.25) is 9.59 Å². The van der Waals surface area contributed by atoms with Crippen LogP contribution in [0.5, 0.6) is 0 Å². The second-order valence-electron chi connectivity index (χ2n) is 5.93. The van der Waals surface area contributed by atoms with Crippen LogP contribution in [0.4, 0.5) is 0 Å². The molecule has 2 atom stereocenters. The number of piperazine rings is 1. The summed E-state index contributed by atoms with van der Waals surface area (Å²) >= 11 is 0. The molecule has 5 heteroatoms. The van der Waals surface area contributed by atoms with E-state index in [9.17, 15) is 9.59 Å². The second kappa shape index (κ2) is 5.49. The van der Waals surface area contributed by atoms with Crippen LogP contribution in [0.1, 0.15) is 38.5 Å². The fourth-order valence-corrected chi connectivity index (χ4v) is 3.56. The number of amides is 2. The highest BCUT2D eigenvalue weighted by Gasteiger charge is 2.41. The van der Waals surface area contributed by atoms with Crippen molar-refractivity contribution >= 4 is 11.8 Å². The van der Waals surface area contributed by atoms with Gasteiger partial charge in [0.05, 0.1) is 19.2 Å². The quantitative estimate of drug-likeness (QED) is 0.799. The predicted molar refractivity (Wildman–Crippen MR) is 69.4 cm³/mol. The van der Waals surface area contributed by atoms with Crippen LogP contribution in [-0.4, -0.2) is 48.6 Å². The van der Waals surface area contributed by atoms with Crippen LogP contribution < -0.4 is 5.32 Å². The third kappa shape index (κ3) is 2.61. The summed E-state index contributed by atoms with van der Waals surface area (Å²) in [6.07, 6.45) is 6.59. The second-order valence-corrected chi connectivity index (χ2v) is 5.93. The van der Waals surface area contributed by atoms with Crippen LogP contribution in [0.3, 0.4) is 0 Å². The van der Waals surface area contributed by atoms with Crippen LogP contribution in [0.25, 0.3) is 0 Å². The molecule has 0 radical (unpaired) electrons. The Bertz CT molecular complexity index is 360. The lowest BCUT2D eigenvalue weighted by molar-refractivity contribution is -0.148. The summed E-state index contributed by atoms with van der Waals surface area (Å²) in [5, 5.41) is 2.92. The van der Waals surface area contributed by atoms with E-state index in [4.69, 9.17) is 4.74 Å². The van der Waals surface area contributed by atoms with Gasteiger partial charge < -0.3 is 15.0 Å². The van der Waals surface area contributed by atoms with Gasteiger partial charge in [-0.25, -0.2) is 0 Å². The van der Waals surface area contributed by atoms with Crippen molar-refractivity contribution < 1.29 is 14.3 Å². The first-order valence-electron chi connectivity index (χ1n) is 7.43. The van der Waals surface area contributed by atoms with Crippen molar-refractivity contribution in [2.45, 2.75) is 50.6 Å². The van der Waals surface area contributed by atoms with E-state index >= 15 is 0 Å². The standard InChI is InChI=1S/C14H22N2O3/c17-12-8-16(11-6-7-19-9-11)14(18)13(15-12)10-4-2-1-3-5-10/h10-11,13H,1-9H2,(H,15,17). The van der Waals surface area contributed by atoms with E-state index in [0.717, 1.165) is 19.3 Å². The Labute approximate surface area is 113 Å². The van der Waals surface area contributed by atoms with Crippen LogP contribution in [-0.2, 0) is 14.3 Å². The molecule has 1 aliphatic carbocycles. The van der Waals surface area contributed by atoms with Gasteiger partial charge in [-0.2, -0.15) is 0 Å². The van der Waals surface area contributed by atoms with Crippen molar-refractivity contribution in [3.63, 3.8) is 0 Å². The fourth-order valence-electron chi connectivity index (χ4n) is 3.56. The van der Waals surface area contributed by atoms with Crippen molar-refractivity contribution in [2.24, 2.45) is 5.92 Å². The Morgan fingerprint density at radius 1 is 1.11 bits per heavy atom. The number of hydrogen-bond acceptors (Lipinski definition) is 3. The summed E-state index contributed by atoms with van der Waals surface area (Å²) in [5.41, 5.74) is 0. The first kappa shape index (κ1) is 12.9. The Morgan fingerprint density at radius 2 is 1.89 bits per heavy atom. The monoisotopic (exact) mass is 266 g/mol. The van der Waals surface area contributed by atoms with E-state index < -0.39 is 0 Å². The number of hydrogen-bond donors (Lipinski definition) is 1. The van der Waals surface area contributed by atoms with Gasteiger partial charge in [-0.15, -0.1) is 0 Å². The molecule has 3 aliphatic rings. The molecule has 0 bridgehead atoms. The molecule has 2 amide bonds. The van der Waals surface area contributed by atoms with Gasteiger partial charge in [-0.05, 0) is 25.2 Å². The van der Waals surface area contributed by atoms with E-state index in [0.29, 0.717) is 19.1 Å². The maximum atomic E-state index is 12.6. The number of nitrogens with zero attached hydrogens (tertiary/aromatic N) is 1. The van der Waals surface area contributed by atoms with Crippen LogP contribution in [0.15, 0.2) is 0 Å². The van der Waals surface area contributed by atoms with Crippen molar-refractivity contribution in [3.05, 3.63) is 0 Å². The maximum absolute atomic E-state index is 12.6. The van der Waals surface area contributed by atoms with Crippen LogP contribution >= 0.6 is 0 Å². The van der Waals surface area contributed by atoms with Gasteiger partial charge in [0.2, 0.25) is 11.8 Å². The van der Waals surface area contributed by atoms with E-state index in [1.54, 1.807) is 4.90 Å². The van der Waals surface area contributed by atoms with Gasteiger partial charge in [0.1, 0.15) is 6.04 Å². The molecule has 1 saturated carbocycles. The number of nitrogens with one attached hydrogen (secondary N) is 1. The average Bonchev–Trinajstić information content (AvgIpc) is 2.96. The zero-order valence-corrected chi connectivity index (χ0v) is 11.3. The number of carbonyl (C=O) groups excluding carboxylic acids is 2. The third-order valence-electron chi connectivity index (χ3n) is 4.65. The summed E-state index contributed by atoms with van der Waals surface area (Å²) in [6, 6.07) is -0.188. The SMILES string of the molecule is O=C1CN(C2CCOC2)C(=O)C(C2CCCCC2)N1. The summed E-state index contributed by atoms with van der Waals surface area (Å²) < 4.78 is 5.35. The molecule has 5 nitrogen and oxygen atoms in total. The summed E-state index contributed by atoms with van der Waals surface area (Å²) in [4.78, 5) is 26.3. The molecule has 3 rings (SSSR count). The highest BCUT2D eigenvalue weighted by atomic mass is 16.5. The molecule has 2 saturated heterocycles. The largest absolute Gasteiger partial charge is 0.379 e. The fraction of sp³-hybridized carbons (Fsp3) is 0.857. The molecule has 0 spiro atoms. The molecule has 19 heavy (non-hydrogen) atoms. The molecule has 2 heterocycles. The average molecular weight is 266 g/mol.